The van der Waals surface area contributed by atoms with Gasteiger partial charge in [-0.25, -0.2) is 4.39 Å². The van der Waals surface area contributed by atoms with Gasteiger partial charge in [-0.1, -0.05) is 0 Å². The summed E-state index contributed by atoms with van der Waals surface area (Å²) in [6, 6.07) is 1.94. The lowest BCUT2D eigenvalue weighted by molar-refractivity contribution is -0.136. The van der Waals surface area contributed by atoms with E-state index in [1.165, 1.54) is 18.9 Å². The quantitative estimate of drug-likeness (QED) is 0.613. The highest BCUT2D eigenvalue weighted by atomic mass is 19.1. The molecular formula is C25H30FN5O4. The van der Waals surface area contributed by atoms with Crippen LogP contribution in [0.2, 0.25) is 0 Å². The Morgan fingerprint density at radius 2 is 1.54 bits per heavy atom. The number of fused-ring (bicyclic) bond motifs is 3. The Balaban J connectivity index is 1.23. The van der Waals surface area contributed by atoms with E-state index in [0.717, 1.165) is 56.5 Å². The zero-order valence-corrected chi connectivity index (χ0v) is 19.6. The number of amides is 4. The Hall–Kier alpha value is -2.85. The third-order valence-electron chi connectivity index (χ3n) is 8.32. The molecule has 4 saturated heterocycles. The van der Waals surface area contributed by atoms with Crippen LogP contribution in [0, 0.1) is 11.7 Å². The summed E-state index contributed by atoms with van der Waals surface area (Å²) in [5.41, 5.74) is 0.481. The first kappa shape index (κ1) is 22.6. The molecule has 0 aliphatic carbocycles. The van der Waals surface area contributed by atoms with Crippen molar-refractivity contribution in [3.63, 3.8) is 0 Å². The van der Waals surface area contributed by atoms with Gasteiger partial charge >= 0.3 is 0 Å². The molecule has 5 heterocycles. The van der Waals surface area contributed by atoms with Crippen molar-refractivity contribution in [2.24, 2.45) is 5.92 Å². The van der Waals surface area contributed by atoms with Crippen molar-refractivity contribution in [2.75, 3.05) is 37.6 Å². The SMILES string of the molecule is O=C1CCC(N2C(=O)c3cc(F)c(N4C5CCC4CN(CC4CCNCC4)C5)cc3C2=O)C(=O)N1. The van der Waals surface area contributed by atoms with Crippen LogP contribution < -0.4 is 15.5 Å². The van der Waals surface area contributed by atoms with E-state index in [-0.39, 0.29) is 36.1 Å². The molecule has 0 saturated carbocycles. The van der Waals surface area contributed by atoms with Crippen LogP contribution in [0.1, 0.15) is 59.2 Å². The zero-order chi connectivity index (χ0) is 24.3. The van der Waals surface area contributed by atoms with Crippen molar-refractivity contribution < 1.29 is 23.6 Å². The van der Waals surface area contributed by atoms with Gasteiger partial charge in [0.25, 0.3) is 11.8 Å². The predicted octanol–water partition coefficient (Wildman–Crippen LogP) is 0.880. The van der Waals surface area contributed by atoms with Gasteiger partial charge in [0.1, 0.15) is 11.9 Å². The molecule has 10 heteroatoms. The van der Waals surface area contributed by atoms with Gasteiger partial charge in [-0.3, -0.25) is 34.3 Å². The maximum Gasteiger partial charge on any atom is 0.262 e. The summed E-state index contributed by atoms with van der Waals surface area (Å²) in [6.07, 6.45) is 4.45. The summed E-state index contributed by atoms with van der Waals surface area (Å²) in [6.45, 7) is 4.95. The monoisotopic (exact) mass is 483 g/mol. The van der Waals surface area contributed by atoms with Crippen LogP contribution in [0.3, 0.4) is 0 Å². The molecule has 9 nitrogen and oxygen atoms in total. The third-order valence-corrected chi connectivity index (χ3v) is 8.32. The molecule has 3 atom stereocenters. The molecule has 5 aliphatic heterocycles. The average Bonchev–Trinajstić information content (AvgIpc) is 3.23. The van der Waals surface area contributed by atoms with Gasteiger partial charge in [0.15, 0.2) is 0 Å². The molecule has 0 radical (unpaired) electrons. The smallest absolute Gasteiger partial charge is 0.262 e. The molecule has 186 valence electrons. The van der Waals surface area contributed by atoms with E-state index in [1.807, 2.05) is 0 Å². The highest BCUT2D eigenvalue weighted by Gasteiger charge is 2.47. The van der Waals surface area contributed by atoms with Crippen molar-refractivity contribution in [1.29, 1.82) is 0 Å². The Kier molecular flexibility index (Phi) is 5.60. The maximum absolute atomic E-state index is 15.4. The Bertz CT molecular complexity index is 1090. The number of imide groups is 2. The molecule has 1 aromatic carbocycles. The number of rotatable bonds is 4. The predicted molar refractivity (Wildman–Crippen MR) is 124 cm³/mol. The van der Waals surface area contributed by atoms with Crippen LogP contribution in [0.25, 0.3) is 0 Å². The van der Waals surface area contributed by atoms with Crippen molar-refractivity contribution in [3.8, 4) is 0 Å². The normalized spacial score (nSPS) is 29.7. The fraction of sp³-hybridized carbons (Fsp3) is 0.600. The number of nitrogens with one attached hydrogen (secondary N) is 2. The number of piperazine rings is 1. The minimum atomic E-state index is -1.05. The van der Waals surface area contributed by atoms with Crippen molar-refractivity contribution in [3.05, 3.63) is 29.1 Å². The number of nitrogens with zero attached hydrogens (tertiary/aromatic N) is 3. The first-order valence-electron chi connectivity index (χ1n) is 12.7. The number of carbonyl (C=O) groups is 4. The molecule has 35 heavy (non-hydrogen) atoms. The number of likely N-dealkylation sites (tertiary alicyclic amines) is 1. The Morgan fingerprint density at radius 1 is 0.886 bits per heavy atom. The summed E-state index contributed by atoms with van der Waals surface area (Å²) in [5.74, 6) is -2.19. The Labute approximate surface area is 203 Å². The van der Waals surface area contributed by atoms with Crippen LogP contribution in [0.5, 0.6) is 0 Å². The first-order chi connectivity index (χ1) is 16.9. The van der Waals surface area contributed by atoms with E-state index >= 15 is 4.39 Å². The minimum Gasteiger partial charge on any atom is -0.361 e. The molecule has 6 rings (SSSR count). The number of hydrogen-bond donors (Lipinski definition) is 2. The van der Waals surface area contributed by atoms with Gasteiger partial charge in [-0.05, 0) is 63.2 Å². The number of carbonyl (C=O) groups excluding carboxylic acids is 4. The van der Waals surface area contributed by atoms with E-state index < -0.39 is 35.5 Å². The standard InChI is InChI=1S/C25H30FN5O4/c26-19-9-17-18(25(35)31(24(17)34)20-3-4-22(32)28-23(20)33)10-21(19)30-15-1-2-16(30)13-29(12-15)11-14-5-7-27-8-6-14/h9-10,14-16,20,27H,1-8,11-13H2,(H,28,32,33). The van der Waals surface area contributed by atoms with Gasteiger partial charge in [0.05, 0.1) is 16.8 Å². The number of benzene rings is 1. The van der Waals surface area contributed by atoms with Gasteiger partial charge in [-0.15, -0.1) is 0 Å². The summed E-state index contributed by atoms with van der Waals surface area (Å²) in [7, 11) is 0. The lowest BCUT2D eigenvalue weighted by Gasteiger charge is -2.44. The topological polar surface area (TPSA) is 102 Å². The molecule has 0 spiro atoms. The average molecular weight is 484 g/mol. The van der Waals surface area contributed by atoms with Crippen molar-refractivity contribution in [2.45, 2.75) is 56.7 Å². The zero-order valence-electron chi connectivity index (χ0n) is 19.6. The van der Waals surface area contributed by atoms with Crippen molar-refractivity contribution in [1.82, 2.24) is 20.4 Å². The van der Waals surface area contributed by atoms with Gasteiger partial charge in [-0.2, -0.15) is 0 Å². The van der Waals surface area contributed by atoms with Crippen LogP contribution in [-0.2, 0) is 9.59 Å². The lowest BCUT2D eigenvalue weighted by atomic mass is 9.96. The van der Waals surface area contributed by atoms with E-state index in [2.05, 4.69) is 20.4 Å². The summed E-state index contributed by atoms with van der Waals surface area (Å²) in [4.78, 5) is 55.5. The molecule has 2 bridgehead atoms. The van der Waals surface area contributed by atoms with E-state index in [1.54, 1.807) is 0 Å². The Morgan fingerprint density at radius 3 is 2.20 bits per heavy atom. The number of piperidine rings is 2. The largest absolute Gasteiger partial charge is 0.361 e. The van der Waals surface area contributed by atoms with E-state index in [0.29, 0.717) is 11.6 Å². The number of halogens is 1. The molecule has 4 fully saturated rings. The second-order valence-corrected chi connectivity index (χ2v) is 10.5. The summed E-state index contributed by atoms with van der Waals surface area (Å²) >= 11 is 0. The molecule has 1 aromatic rings. The van der Waals surface area contributed by atoms with Crippen LogP contribution >= 0.6 is 0 Å². The second-order valence-electron chi connectivity index (χ2n) is 10.5. The van der Waals surface area contributed by atoms with E-state index in [9.17, 15) is 19.2 Å². The van der Waals surface area contributed by atoms with E-state index in [4.69, 9.17) is 0 Å². The fourth-order valence-electron chi connectivity index (χ4n) is 6.64. The molecule has 4 amide bonds. The first-order valence-corrected chi connectivity index (χ1v) is 12.7. The summed E-state index contributed by atoms with van der Waals surface area (Å²) < 4.78 is 15.4. The lowest BCUT2D eigenvalue weighted by Crippen LogP contribution is -2.55. The minimum absolute atomic E-state index is 0.0159. The third kappa shape index (κ3) is 3.83. The summed E-state index contributed by atoms with van der Waals surface area (Å²) in [5, 5.41) is 5.60. The van der Waals surface area contributed by atoms with Crippen LogP contribution in [0.4, 0.5) is 10.1 Å². The van der Waals surface area contributed by atoms with Crippen molar-refractivity contribution >= 4 is 29.3 Å². The molecular weight excluding hydrogens is 453 g/mol. The van der Waals surface area contributed by atoms with Gasteiger partial charge < -0.3 is 10.2 Å². The number of hydrogen-bond acceptors (Lipinski definition) is 7. The number of anilines is 1. The van der Waals surface area contributed by atoms with Gasteiger partial charge in [0.2, 0.25) is 11.8 Å². The second kappa shape index (κ2) is 8.67. The van der Waals surface area contributed by atoms with Gasteiger partial charge in [0, 0.05) is 38.1 Å². The fourth-order valence-corrected chi connectivity index (χ4v) is 6.64. The molecule has 0 aromatic heterocycles. The highest BCUT2D eigenvalue weighted by Crippen LogP contribution is 2.39. The highest BCUT2D eigenvalue weighted by molar-refractivity contribution is 6.23. The van der Waals surface area contributed by atoms with Crippen LogP contribution in [0.15, 0.2) is 12.1 Å². The maximum atomic E-state index is 15.4. The molecule has 2 N–H and O–H groups in total. The molecule has 5 aliphatic rings. The molecule has 3 unspecified atom stereocenters. The van der Waals surface area contributed by atoms with Crippen LogP contribution in [-0.4, -0.2) is 84.3 Å².